The number of carbonyl (C=O) groups excluding carboxylic acids is 1. The fourth-order valence-corrected chi connectivity index (χ4v) is 4.77. The Balaban J connectivity index is 1.80. The first-order chi connectivity index (χ1) is 15.7. The first-order valence-electron chi connectivity index (χ1n) is 10.0. The average molecular weight is 490 g/mol. The van der Waals surface area contributed by atoms with E-state index < -0.39 is 38.7 Å². The van der Waals surface area contributed by atoms with Gasteiger partial charge in [0.05, 0.1) is 23.5 Å². The zero-order chi connectivity index (χ0) is 23.8. The Morgan fingerprint density at radius 3 is 2.55 bits per heavy atom. The van der Waals surface area contributed by atoms with E-state index in [9.17, 15) is 17.6 Å². The van der Waals surface area contributed by atoms with Crippen LogP contribution < -0.4 is 15.4 Å². The molecule has 0 saturated carbocycles. The lowest BCUT2D eigenvalue weighted by molar-refractivity contribution is 0.104. The second-order valence-electron chi connectivity index (χ2n) is 7.43. The number of carbonyl (C=O) groups is 1. The monoisotopic (exact) mass is 489 g/mol. The van der Waals surface area contributed by atoms with Gasteiger partial charge in [-0.15, -0.1) is 0 Å². The van der Waals surface area contributed by atoms with Crippen molar-refractivity contribution in [2.45, 2.75) is 13.3 Å². The number of Topliss-reactive ketones (excluding diaryl/α,β-unsaturated/α-hetero) is 1. The van der Waals surface area contributed by atoms with E-state index in [2.05, 4.69) is 14.7 Å². The molecule has 0 amide bonds. The van der Waals surface area contributed by atoms with Gasteiger partial charge in [0.2, 0.25) is 10.0 Å². The molecule has 2 aromatic carbocycles. The lowest BCUT2D eigenvalue weighted by atomic mass is 9.99. The lowest BCUT2D eigenvalue weighted by Crippen LogP contribution is -2.29. The van der Waals surface area contributed by atoms with E-state index >= 15 is 4.39 Å². The highest BCUT2D eigenvalue weighted by atomic mass is 35.5. The molecule has 0 radical (unpaired) electrons. The topological polar surface area (TPSA) is 88.5 Å². The van der Waals surface area contributed by atoms with Crippen LogP contribution in [0.15, 0.2) is 53.7 Å². The van der Waals surface area contributed by atoms with Gasteiger partial charge in [-0.3, -0.25) is 14.5 Å². The molecule has 1 aromatic heterocycles. The number of sulfonamides is 1. The Morgan fingerprint density at radius 2 is 1.85 bits per heavy atom. The van der Waals surface area contributed by atoms with Crippen LogP contribution in [0.3, 0.4) is 0 Å². The van der Waals surface area contributed by atoms with Crippen molar-refractivity contribution >= 4 is 38.7 Å². The van der Waals surface area contributed by atoms with E-state index in [1.807, 2.05) is 0 Å². The first kappa shape index (κ1) is 23.0. The summed E-state index contributed by atoms with van der Waals surface area (Å²) in [6.45, 7) is 1.55. The van der Waals surface area contributed by atoms with E-state index in [4.69, 9.17) is 11.6 Å². The maximum Gasteiger partial charge on any atom is 0.232 e. The number of halogens is 3. The predicted octanol–water partition coefficient (Wildman–Crippen LogP) is 3.50. The molecule has 33 heavy (non-hydrogen) atoms. The summed E-state index contributed by atoms with van der Waals surface area (Å²) < 4.78 is 55.8. The highest BCUT2D eigenvalue weighted by molar-refractivity contribution is 7.92. The summed E-state index contributed by atoms with van der Waals surface area (Å²) >= 11 is 5.93. The van der Waals surface area contributed by atoms with Gasteiger partial charge in [0.15, 0.2) is 17.1 Å². The fraction of sp³-hybridized carbons (Fsp3) is 0.174. The number of ketones is 1. The van der Waals surface area contributed by atoms with E-state index in [0.717, 1.165) is 17.7 Å². The zero-order valence-corrected chi connectivity index (χ0v) is 19.0. The van der Waals surface area contributed by atoms with Gasteiger partial charge in [0.25, 0.3) is 0 Å². The molecule has 0 spiro atoms. The number of pyridine rings is 1. The van der Waals surface area contributed by atoms with Crippen LogP contribution in [0.1, 0.15) is 23.7 Å². The van der Waals surface area contributed by atoms with Gasteiger partial charge < -0.3 is 0 Å². The van der Waals surface area contributed by atoms with Crippen LogP contribution in [-0.4, -0.2) is 31.5 Å². The van der Waals surface area contributed by atoms with Gasteiger partial charge in [-0.05, 0) is 42.3 Å². The number of fused-ring (bicyclic) bond motifs is 1. The number of rotatable bonds is 7. The van der Waals surface area contributed by atoms with Crippen LogP contribution in [0.5, 0.6) is 0 Å². The molecule has 10 heteroatoms. The number of anilines is 1. The highest BCUT2D eigenvalue weighted by Gasteiger charge is 2.27. The lowest BCUT2D eigenvalue weighted by Gasteiger charge is -2.12. The second-order valence-corrected chi connectivity index (χ2v) is 9.71. The van der Waals surface area contributed by atoms with Crippen molar-refractivity contribution in [1.29, 1.82) is 0 Å². The zero-order valence-electron chi connectivity index (χ0n) is 17.4. The van der Waals surface area contributed by atoms with Crippen molar-refractivity contribution in [2.24, 2.45) is 4.99 Å². The molecule has 4 rings (SSSR count). The number of benzene rings is 2. The number of hydrogen-bond donors (Lipinski definition) is 1. The number of hydrogen-bond acceptors (Lipinski definition) is 5. The Kier molecular flexibility index (Phi) is 6.27. The predicted molar refractivity (Wildman–Crippen MR) is 122 cm³/mol. The average Bonchev–Trinajstić information content (AvgIpc) is 3.19. The van der Waals surface area contributed by atoms with Gasteiger partial charge in [-0.1, -0.05) is 30.7 Å². The molecule has 6 nitrogen and oxygen atoms in total. The summed E-state index contributed by atoms with van der Waals surface area (Å²) in [5, 5.41) is 0.925. The van der Waals surface area contributed by atoms with Crippen molar-refractivity contribution < 1.29 is 22.0 Å². The number of nitrogens with zero attached hydrogens (tertiary/aromatic N) is 2. The standard InChI is InChI=1S/C23H18ClF2N3O3S/c1-2-9-33(31,32)29-19-8-7-18(25)20(21(19)26)22(30)17-12-28-23-16(17)10-14(11-27-23)13-3-5-15(24)6-4-13/h3-8,10-11,29H,2,9,12H2,1H3. The maximum absolute atomic E-state index is 15.1. The SMILES string of the molecule is CCCS(=O)(=O)Nc1ccc(F)c(C(=O)C2=c3cc(-c4ccc(Cl)cc4)cnc3=NC2)c1F. The van der Waals surface area contributed by atoms with Crippen molar-refractivity contribution in [3.8, 4) is 11.1 Å². The molecular weight excluding hydrogens is 472 g/mol. The Labute approximate surface area is 193 Å². The molecule has 0 bridgehead atoms. The van der Waals surface area contributed by atoms with E-state index in [1.54, 1.807) is 43.5 Å². The second kappa shape index (κ2) is 8.99. The van der Waals surface area contributed by atoms with Crippen LogP contribution in [0.25, 0.3) is 16.7 Å². The molecule has 0 unspecified atom stereocenters. The number of aromatic nitrogens is 1. The first-order valence-corrected chi connectivity index (χ1v) is 12.1. The van der Waals surface area contributed by atoms with Crippen molar-refractivity contribution in [2.75, 3.05) is 17.0 Å². The van der Waals surface area contributed by atoms with Crippen molar-refractivity contribution in [1.82, 2.24) is 4.98 Å². The quantitative estimate of drug-likeness (QED) is 0.514. The molecule has 1 aliphatic rings. The van der Waals surface area contributed by atoms with E-state index in [1.165, 1.54) is 0 Å². The molecule has 170 valence electrons. The number of nitrogens with one attached hydrogen (secondary N) is 1. The summed E-state index contributed by atoms with van der Waals surface area (Å²) in [7, 11) is -3.84. The molecule has 0 atom stereocenters. The van der Waals surface area contributed by atoms with Crippen LogP contribution in [0.4, 0.5) is 14.5 Å². The minimum absolute atomic E-state index is 0.0691. The minimum Gasteiger partial charge on any atom is -0.289 e. The largest absolute Gasteiger partial charge is 0.289 e. The molecule has 3 aromatic rings. The molecule has 0 saturated heterocycles. The summed E-state index contributed by atoms with van der Waals surface area (Å²) in [6, 6.07) is 10.5. The maximum atomic E-state index is 15.1. The molecule has 2 heterocycles. The van der Waals surface area contributed by atoms with Gasteiger partial charge in [0.1, 0.15) is 5.82 Å². The normalized spacial score (nSPS) is 12.9. The Morgan fingerprint density at radius 1 is 1.12 bits per heavy atom. The van der Waals surface area contributed by atoms with Gasteiger partial charge in [-0.2, -0.15) is 0 Å². The summed E-state index contributed by atoms with van der Waals surface area (Å²) in [6.07, 6.45) is 1.90. The third kappa shape index (κ3) is 4.65. The Bertz CT molecular complexity index is 1490. The van der Waals surface area contributed by atoms with E-state index in [-0.39, 0.29) is 23.4 Å². The molecule has 1 aliphatic heterocycles. The van der Waals surface area contributed by atoms with Gasteiger partial charge in [0, 0.05) is 27.6 Å². The fourth-order valence-electron chi connectivity index (χ4n) is 3.52. The van der Waals surface area contributed by atoms with Crippen molar-refractivity contribution in [3.05, 3.63) is 81.6 Å². The molecule has 0 aliphatic carbocycles. The van der Waals surface area contributed by atoms with Crippen LogP contribution in [0.2, 0.25) is 5.02 Å². The van der Waals surface area contributed by atoms with Crippen LogP contribution >= 0.6 is 11.6 Å². The molecular formula is C23H18ClF2N3O3S. The van der Waals surface area contributed by atoms with Crippen molar-refractivity contribution in [3.63, 3.8) is 0 Å². The van der Waals surface area contributed by atoms with Gasteiger partial charge >= 0.3 is 0 Å². The smallest absolute Gasteiger partial charge is 0.232 e. The summed E-state index contributed by atoms with van der Waals surface area (Å²) in [5.74, 6) is -3.53. The third-order valence-corrected chi connectivity index (χ3v) is 6.82. The van der Waals surface area contributed by atoms with Crippen LogP contribution in [-0.2, 0) is 10.0 Å². The van der Waals surface area contributed by atoms with Crippen LogP contribution in [0, 0.1) is 11.6 Å². The molecule has 0 fully saturated rings. The van der Waals surface area contributed by atoms with E-state index in [0.29, 0.717) is 22.2 Å². The third-order valence-electron chi connectivity index (χ3n) is 5.09. The summed E-state index contributed by atoms with van der Waals surface area (Å²) in [4.78, 5) is 21.6. The van der Waals surface area contributed by atoms with Gasteiger partial charge in [-0.25, -0.2) is 22.2 Å². The summed E-state index contributed by atoms with van der Waals surface area (Å²) in [5.41, 5.74) is 0.489. The highest BCUT2D eigenvalue weighted by Crippen LogP contribution is 2.26. The Hall–Kier alpha value is -3.17. The minimum atomic E-state index is -3.84. The molecule has 1 N–H and O–H groups in total.